The summed E-state index contributed by atoms with van der Waals surface area (Å²) < 4.78 is 59.9. The Morgan fingerprint density at radius 2 is 1.60 bits per heavy atom. The lowest BCUT2D eigenvalue weighted by Gasteiger charge is -2.23. The molecule has 160 valence electrons. The summed E-state index contributed by atoms with van der Waals surface area (Å²) >= 11 is 0. The molecule has 1 aliphatic carbocycles. The molecule has 2 aromatic rings. The minimum Gasteiger partial charge on any atom is -0.491 e. The van der Waals surface area contributed by atoms with Gasteiger partial charge in [-0.1, -0.05) is 48.6 Å². The van der Waals surface area contributed by atoms with Gasteiger partial charge < -0.3 is 4.74 Å². The van der Waals surface area contributed by atoms with E-state index in [0.717, 1.165) is 17.5 Å². The quantitative estimate of drug-likeness (QED) is 0.419. The lowest BCUT2D eigenvalue weighted by atomic mass is 9.88. The first-order chi connectivity index (χ1) is 14.4. The van der Waals surface area contributed by atoms with Crippen LogP contribution in [0.1, 0.15) is 36.5 Å². The van der Waals surface area contributed by atoms with Gasteiger partial charge in [-0.05, 0) is 73.4 Å². The minimum atomic E-state index is -4.27. The zero-order valence-corrected chi connectivity index (χ0v) is 17.0. The van der Waals surface area contributed by atoms with Gasteiger partial charge in [0.2, 0.25) is 0 Å². The highest BCUT2D eigenvalue weighted by atomic mass is 19.4. The zero-order valence-electron chi connectivity index (χ0n) is 17.0. The molecule has 0 saturated carbocycles. The molecule has 0 radical (unpaired) electrons. The van der Waals surface area contributed by atoms with Crippen molar-refractivity contribution >= 4 is 0 Å². The Kier molecular flexibility index (Phi) is 7.35. The number of hydrogen-bond acceptors (Lipinski definition) is 1. The monoisotopic (exact) mass is 418 g/mol. The first-order valence-corrected chi connectivity index (χ1v) is 10.3. The van der Waals surface area contributed by atoms with Crippen LogP contribution in [0, 0.1) is 11.7 Å². The highest BCUT2D eigenvalue weighted by molar-refractivity contribution is 5.32. The predicted octanol–water partition coefficient (Wildman–Crippen LogP) is 7.01. The maximum atomic E-state index is 14.0. The minimum absolute atomic E-state index is 0.0654. The topological polar surface area (TPSA) is 9.23 Å². The summed E-state index contributed by atoms with van der Waals surface area (Å²) in [6, 6.07) is 12.2. The molecule has 1 atom stereocenters. The first-order valence-electron chi connectivity index (χ1n) is 10.3. The summed E-state index contributed by atoms with van der Waals surface area (Å²) in [5.41, 5.74) is 2.88. The maximum Gasteiger partial charge on any atom is 0.396 e. The molecule has 5 heteroatoms. The van der Waals surface area contributed by atoms with Crippen molar-refractivity contribution in [3.8, 4) is 5.75 Å². The van der Waals surface area contributed by atoms with Crippen molar-refractivity contribution in [3.63, 3.8) is 0 Å². The third kappa shape index (κ3) is 5.97. The van der Waals surface area contributed by atoms with E-state index in [1.54, 1.807) is 43.4 Å². The Morgan fingerprint density at radius 3 is 2.20 bits per heavy atom. The average molecular weight is 418 g/mol. The van der Waals surface area contributed by atoms with Crippen LogP contribution in [0.3, 0.4) is 0 Å². The SMILES string of the molecule is CCOc1ccc(CCc2ccc(C[C@H](C3=CCCC=C3)C(F)(F)F)cc2)cc1F. The van der Waals surface area contributed by atoms with Crippen LogP contribution < -0.4 is 4.74 Å². The van der Waals surface area contributed by atoms with Gasteiger partial charge >= 0.3 is 6.18 Å². The Balaban J connectivity index is 1.62. The second-order valence-corrected chi connectivity index (χ2v) is 7.50. The lowest BCUT2D eigenvalue weighted by molar-refractivity contribution is -0.162. The van der Waals surface area contributed by atoms with E-state index in [4.69, 9.17) is 4.74 Å². The molecule has 0 spiro atoms. The number of hydrogen-bond donors (Lipinski definition) is 0. The molecule has 30 heavy (non-hydrogen) atoms. The van der Waals surface area contributed by atoms with Gasteiger partial charge in [0.1, 0.15) is 0 Å². The average Bonchev–Trinajstić information content (AvgIpc) is 2.73. The summed E-state index contributed by atoms with van der Waals surface area (Å²) in [4.78, 5) is 0. The molecular weight excluding hydrogens is 392 g/mol. The fourth-order valence-electron chi connectivity index (χ4n) is 3.65. The smallest absolute Gasteiger partial charge is 0.396 e. The third-order valence-corrected chi connectivity index (χ3v) is 5.28. The Labute approximate surface area is 175 Å². The van der Waals surface area contributed by atoms with E-state index in [9.17, 15) is 17.6 Å². The molecule has 0 unspecified atom stereocenters. The van der Waals surface area contributed by atoms with Gasteiger partial charge in [-0.2, -0.15) is 13.2 Å². The largest absolute Gasteiger partial charge is 0.491 e. The molecule has 0 saturated heterocycles. The molecule has 0 aliphatic heterocycles. The molecule has 1 aliphatic rings. The van der Waals surface area contributed by atoms with Gasteiger partial charge in [0.25, 0.3) is 0 Å². The predicted molar refractivity (Wildman–Crippen MR) is 111 cm³/mol. The number of aryl methyl sites for hydroxylation is 2. The fraction of sp³-hybridized carbons (Fsp3) is 0.360. The first kappa shape index (κ1) is 22.1. The Hall–Kier alpha value is -2.56. The second-order valence-electron chi connectivity index (χ2n) is 7.50. The van der Waals surface area contributed by atoms with Crippen LogP contribution in [0.2, 0.25) is 0 Å². The number of benzene rings is 2. The van der Waals surface area contributed by atoms with E-state index in [1.165, 1.54) is 6.07 Å². The van der Waals surface area contributed by atoms with Crippen LogP contribution in [0.25, 0.3) is 0 Å². The Bertz CT molecular complexity index is 894. The summed E-state index contributed by atoms with van der Waals surface area (Å²) in [6.07, 6.45) is 3.55. The summed E-state index contributed by atoms with van der Waals surface area (Å²) in [5.74, 6) is -1.62. The molecule has 3 rings (SSSR count). The van der Waals surface area contributed by atoms with E-state index >= 15 is 0 Å². The molecular formula is C25H26F4O. The maximum absolute atomic E-state index is 14.0. The zero-order chi connectivity index (χ0) is 21.6. The van der Waals surface area contributed by atoms with Gasteiger partial charge in [0.15, 0.2) is 11.6 Å². The molecule has 0 heterocycles. The van der Waals surface area contributed by atoms with E-state index in [1.807, 2.05) is 18.2 Å². The molecule has 0 aromatic heterocycles. The summed E-state index contributed by atoms with van der Waals surface area (Å²) in [5, 5.41) is 0. The van der Waals surface area contributed by atoms with Crippen LogP contribution >= 0.6 is 0 Å². The van der Waals surface area contributed by atoms with Gasteiger partial charge in [-0.25, -0.2) is 4.39 Å². The highest BCUT2D eigenvalue weighted by Crippen LogP contribution is 2.36. The normalized spacial score (nSPS) is 15.0. The lowest BCUT2D eigenvalue weighted by Crippen LogP contribution is -2.27. The van der Waals surface area contributed by atoms with Crippen molar-refractivity contribution in [1.29, 1.82) is 0 Å². The molecule has 0 amide bonds. The van der Waals surface area contributed by atoms with Crippen LogP contribution in [-0.4, -0.2) is 12.8 Å². The number of allylic oxidation sites excluding steroid dienone is 4. The fourth-order valence-corrected chi connectivity index (χ4v) is 3.65. The van der Waals surface area contributed by atoms with Gasteiger partial charge in [-0.3, -0.25) is 0 Å². The second kappa shape index (κ2) is 9.96. The van der Waals surface area contributed by atoms with Crippen molar-refractivity contribution in [2.24, 2.45) is 5.92 Å². The van der Waals surface area contributed by atoms with E-state index in [0.29, 0.717) is 37.0 Å². The van der Waals surface area contributed by atoms with Crippen LogP contribution in [0.5, 0.6) is 5.75 Å². The number of ether oxygens (including phenoxy) is 1. The van der Waals surface area contributed by atoms with Gasteiger partial charge in [0.05, 0.1) is 12.5 Å². The highest BCUT2D eigenvalue weighted by Gasteiger charge is 2.41. The summed E-state index contributed by atoms with van der Waals surface area (Å²) in [7, 11) is 0. The van der Waals surface area contributed by atoms with Crippen LogP contribution in [0.4, 0.5) is 17.6 Å². The third-order valence-electron chi connectivity index (χ3n) is 5.28. The molecule has 0 fully saturated rings. The van der Waals surface area contributed by atoms with E-state index < -0.39 is 12.1 Å². The molecule has 1 nitrogen and oxygen atoms in total. The van der Waals surface area contributed by atoms with Crippen molar-refractivity contribution in [1.82, 2.24) is 0 Å². The van der Waals surface area contributed by atoms with Crippen molar-refractivity contribution in [3.05, 3.63) is 88.8 Å². The molecule has 0 N–H and O–H groups in total. The van der Waals surface area contributed by atoms with Crippen molar-refractivity contribution < 1.29 is 22.3 Å². The van der Waals surface area contributed by atoms with E-state index in [2.05, 4.69) is 0 Å². The Morgan fingerprint density at radius 1 is 0.933 bits per heavy atom. The number of rotatable bonds is 8. The van der Waals surface area contributed by atoms with Gasteiger partial charge in [-0.15, -0.1) is 0 Å². The van der Waals surface area contributed by atoms with Crippen LogP contribution in [-0.2, 0) is 19.3 Å². The molecule has 2 aromatic carbocycles. The number of halogens is 4. The van der Waals surface area contributed by atoms with Crippen molar-refractivity contribution in [2.45, 2.75) is 45.2 Å². The molecule has 0 bridgehead atoms. The standard InChI is InChI=1S/C25H26F4O/c1-2-30-24-15-14-20(17-23(24)26)13-10-18-8-11-19(12-9-18)16-22(25(27,28)29)21-6-4-3-5-7-21/h4,6-9,11-12,14-15,17,22H,2-3,5,10,13,16H2,1H3/t22-/m1/s1. The number of alkyl halides is 3. The van der Waals surface area contributed by atoms with Gasteiger partial charge in [0, 0.05) is 0 Å². The van der Waals surface area contributed by atoms with E-state index in [-0.39, 0.29) is 18.0 Å². The summed E-state index contributed by atoms with van der Waals surface area (Å²) in [6.45, 7) is 2.21. The van der Waals surface area contributed by atoms with Crippen molar-refractivity contribution in [2.75, 3.05) is 6.61 Å². The van der Waals surface area contributed by atoms with Crippen LogP contribution in [0.15, 0.2) is 66.3 Å².